The van der Waals surface area contributed by atoms with Crippen LogP contribution < -0.4 is 5.56 Å². The van der Waals surface area contributed by atoms with Gasteiger partial charge in [0, 0.05) is 11.1 Å². The van der Waals surface area contributed by atoms with Crippen LogP contribution in [0.5, 0.6) is 0 Å². The Labute approximate surface area is 107 Å². The van der Waals surface area contributed by atoms with Gasteiger partial charge < -0.3 is 4.52 Å². The minimum Gasteiger partial charge on any atom is -0.360 e. The predicted octanol–water partition coefficient (Wildman–Crippen LogP) is 2.34. The highest BCUT2D eigenvalue weighted by Gasteiger charge is 2.09. The Kier molecular flexibility index (Phi) is 2.41. The summed E-state index contributed by atoms with van der Waals surface area (Å²) in [5, 5.41) is 4.83. The number of hydrogen-bond acceptors (Lipinski definition) is 4. The summed E-state index contributed by atoms with van der Waals surface area (Å²) in [6, 6.07) is 6.63. The van der Waals surface area contributed by atoms with Gasteiger partial charge in [0.05, 0.1) is 10.9 Å². The lowest BCUT2D eigenvalue weighted by Gasteiger charge is -2.02. The summed E-state index contributed by atoms with van der Waals surface area (Å²) in [6.45, 7) is 1.76. The highest BCUT2D eigenvalue weighted by molar-refractivity contribution is 6.31. The van der Waals surface area contributed by atoms with Crippen LogP contribution in [0.2, 0.25) is 5.02 Å². The third-order valence-corrected chi connectivity index (χ3v) is 2.82. The Morgan fingerprint density at radius 1 is 1.33 bits per heavy atom. The molecule has 3 aromatic rings. The SMILES string of the molecule is Cc1cc(-n2cnc3cc(Cl)ccc3c2=O)no1. The third-order valence-electron chi connectivity index (χ3n) is 2.58. The zero-order valence-electron chi connectivity index (χ0n) is 9.42. The van der Waals surface area contributed by atoms with E-state index in [1.54, 1.807) is 31.2 Å². The number of nitrogens with zero attached hydrogens (tertiary/aromatic N) is 3. The monoisotopic (exact) mass is 261 g/mol. The van der Waals surface area contributed by atoms with Gasteiger partial charge in [0.2, 0.25) is 0 Å². The topological polar surface area (TPSA) is 60.9 Å². The second-order valence-corrected chi connectivity index (χ2v) is 4.31. The first kappa shape index (κ1) is 11.0. The molecule has 90 valence electrons. The number of fused-ring (bicyclic) bond motifs is 1. The molecule has 0 N–H and O–H groups in total. The van der Waals surface area contributed by atoms with Crippen LogP contribution in [-0.2, 0) is 0 Å². The fourth-order valence-corrected chi connectivity index (χ4v) is 1.89. The van der Waals surface area contributed by atoms with Gasteiger partial charge in [-0.15, -0.1) is 0 Å². The number of benzene rings is 1. The molecule has 6 heteroatoms. The maximum atomic E-state index is 12.2. The highest BCUT2D eigenvalue weighted by atomic mass is 35.5. The van der Waals surface area contributed by atoms with Crippen molar-refractivity contribution in [2.24, 2.45) is 0 Å². The molecule has 0 saturated heterocycles. The van der Waals surface area contributed by atoms with Crippen molar-refractivity contribution in [2.45, 2.75) is 6.92 Å². The lowest BCUT2D eigenvalue weighted by Crippen LogP contribution is -2.18. The molecule has 5 nitrogen and oxygen atoms in total. The van der Waals surface area contributed by atoms with E-state index in [0.29, 0.717) is 27.5 Å². The van der Waals surface area contributed by atoms with E-state index in [1.165, 1.54) is 10.9 Å². The van der Waals surface area contributed by atoms with Crippen molar-refractivity contribution in [2.75, 3.05) is 0 Å². The van der Waals surface area contributed by atoms with Gasteiger partial charge in [-0.05, 0) is 25.1 Å². The molecule has 0 atom stereocenters. The van der Waals surface area contributed by atoms with E-state index in [-0.39, 0.29) is 5.56 Å². The molecule has 0 saturated carbocycles. The number of hydrogen-bond donors (Lipinski definition) is 0. The average molecular weight is 262 g/mol. The Bertz CT molecular complexity index is 791. The first-order valence-electron chi connectivity index (χ1n) is 5.26. The van der Waals surface area contributed by atoms with Crippen molar-refractivity contribution in [3.8, 4) is 5.82 Å². The Morgan fingerprint density at radius 3 is 2.89 bits per heavy atom. The summed E-state index contributed by atoms with van der Waals surface area (Å²) in [5.74, 6) is 1.05. The van der Waals surface area contributed by atoms with Crippen LogP contribution in [0.4, 0.5) is 0 Å². The van der Waals surface area contributed by atoms with Crippen LogP contribution in [0, 0.1) is 6.92 Å². The molecule has 18 heavy (non-hydrogen) atoms. The van der Waals surface area contributed by atoms with Gasteiger partial charge in [0.1, 0.15) is 12.1 Å². The van der Waals surface area contributed by atoms with Gasteiger partial charge in [0.15, 0.2) is 5.82 Å². The number of aryl methyl sites for hydroxylation is 1. The van der Waals surface area contributed by atoms with Crippen LogP contribution in [0.1, 0.15) is 5.76 Å². The zero-order chi connectivity index (χ0) is 12.7. The summed E-state index contributed by atoms with van der Waals surface area (Å²) < 4.78 is 6.29. The molecule has 0 radical (unpaired) electrons. The first-order valence-corrected chi connectivity index (χ1v) is 5.63. The van der Waals surface area contributed by atoms with Gasteiger partial charge in [0.25, 0.3) is 5.56 Å². The fourth-order valence-electron chi connectivity index (χ4n) is 1.72. The molecule has 2 aromatic heterocycles. The van der Waals surface area contributed by atoms with E-state index in [0.717, 1.165) is 0 Å². The van der Waals surface area contributed by atoms with Gasteiger partial charge in [-0.25, -0.2) is 9.55 Å². The lowest BCUT2D eigenvalue weighted by molar-refractivity contribution is 0.394. The average Bonchev–Trinajstić information content (AvgIpc) is 2.76. The smallest absolute Gasteiger partial charge is 0.267 e. The van der Waals surface area contributed by atoms with Crippen molar-refractivity contribution >= 4 is 22.5 Å². The van der Waals surface area contributed by atoms with Gasteiger partial charge in [-0.2, -0.15) is 0 Å². The minimum atomic E-state index is -0.204. The molecule has 0 aliphatic rings. The molecule has 0 aliphatic carbocycles. The second kappa shape index (κ2) is 3.96. The quantitative estimate of drug-likeness (QED) is 0.674. The van der Waals surface area contributed by atoms with E-state index in [1.807, 2.05) is 0 Å². The van der Waals surface area contributed by atoms with Crippen molar-refractivity contribution < 1.29 is 4.52 Å². The van der Waals surface area contributed by atoms with Crippen LogP contribution in [0.3, 0.4) is 0 Å². The minimum absolute atomic E-state index is 0.204. The van der Waals surface area contributed by atoms with Gasteiger partial charge >= 0.3 is 0 Å². The normalized spacial score (nSPS) is 11.0. The molecule has 0 unspecified atom stereocenters. The van der Waals surface area contributed by atoms with E-state index in [9.17, 15) is 4.79 Å². The van der Waals surface area contributed by atoms with E-state index < -0.39 is 0 Å². The Balaban J connectivity index is 2.30. The van der Waals surface area contributed by atoms with Crippen molar-refractivity contribution in [1.29, 1.82) is 0 Å². The molecule has 0 aliphatic heterocycles. The number of halogens is 1. The van der Waals surface area contributed by atoms with Crippen molar-refractivity contribution in [3.63, 3.8) is 0 Å². The molecule has 3 rings (SSSR count). The first-order chi connectivity index (χ1) is 8.65. The summed E-state index contributed by atoms with van der Waals surface area (Å²) in [5.41, 5.74) is 0.355. The predicted molar refractivity (Wildman–Crippen MR) is 67.1 cm³/mol. The lowest BCUT2D eigenvalue weighted by atomic mass is 10.2. The number of aromatic nitrogens is 3. The summed E-state index contributed by atoms with van der Waals surface area (Å²) in [6.07, 6.45) is 1.41. The van der Waals surface area contributed by atoms with E-state index >= 15 is 0 Å². The number of rotatable bonds is 1. The van der Waals surface area contributed by atoms with Gasteiger partial charge in [-0.1, -0.05) is 16.8 Å². The molecular formula is C12H8ClN3O2. The highest BCUT2D eigenvalue weighted by Crippen LogP contribution is 2.15. The largest absolute Gasteiger partial charge is 0.360 e. The van der Waals surface area contributed by atoms with E-state index in [2.05, 4.69) is 10.1 Å². The summed E-state index contributed by atoms with van der Waals surface area (Å²) in [7, 11) is 0. The van der Waals surface area contributed by atoms with Crippen LogP contribution in [0.25, 0.3) is 16.7 Å². The fraction of sp³-hybridized carbons (Fsp3) is 0.0833. The molecule has 0 bridgehead atoms. The van der Waals surface area contributed by atoms with Crippen molar-refractivity contribution in [3.05, 3.63) is 51.7 Å². The second-order valence-electron chi connectivity index (χ2n) is 3.88. The van der Waals surface area contributed by atoms with Crippen molar-refractivity contribution in [1.82, 2.24) is 14.7 Å². The van der Waals surface area contributed by atoms with Crippen LogP contribution in [0.15, 0.2) is 39.9 Å². The molecule has 0 fully saturated rings. The Morgan fingerprint density at radius 2 is 2.17 bits per heavy atom. The van der Waals surface area contributed by atoms with E-state index in [4.69, 9.17) is 16.1 Å². The van der Waals surface area contributed by atoms with Crippen LogP contribution in [-0.4, -0.2) is 14.7 Å². The molecule has 1 aromatic carbocycles. The van der Waals surface area contributed by atoms with Gasteiger partial charge in [-0.3, -0.25) is 4.79 Å². The molecule has 0 amide bonds. The maximum absolute atomic E-state index is 12.2. The molecule has 0 spiro atoms. The molecule has 2 heterocycles. The Hall–Kier alpha value is -2.14. The summed E-state index contributed by atoms with van der Waals surface area (Å²) in [4.78, 5) is 16.4. The molecular weight excluding hydrogens is 254 g/mol. The standard InChI is InChI=1S/C12H8ClN3O2/c1-7-4-11(15-18-7)16-6-14-10-5-8(13)2-3-9(10)12(16)17/h2-6H,1H3. The summed E-state index contributed by atoms with van der Waals surface area (Å²) >= 11 is 5.85. The third kappa shape index (κ3) is 1.69. The van der Waals surface area contributed by atoms with Crippen LogP contribution >= 0.6 is 11.6 Å². The zero-order valence-corrected chi connectivity index (χ0v) is 10.2. The maximum Gasteiger partial charge on any atom is 0.267 e.